The van der Waals surface area contributed by atoms with Crippen LogP contribution in [0.4, 0.5) is 0 Å². The molecule has 7 heteroatoms. The van der Waals surface area contributed by atoms with E-state index in [9.17, 15) is 13.2 Å². The lowest BCUT2D eigenvalue weighted by molar-refractivity contribution is -0.150. The molecule has 3 N–H and O–H groups in total. The summed E-state index contributed by atoms with van der Waals surface area (Å²) < 4.78 is 34.9. The highest BCUT2D eigenvalue weighted by Gasteiger charge is 2.23. The van der Waals surface area contributed by atoms with E-state index in [-0.39, 0.29) is 17.0 Å². The maximum Gasteiger partial charge on any atom is 0.323 e. The third-order valence-electron chi connectivity index (χ3n) is 4.51. The van der Waals surface area contributed by atoms with Crippen LogP contribution < -0.4 is 5.73 Å². The predicted molar refractivity (Wildman–Crippen MR) is 107 cm³/mol. The molecule has 1 atom stereocenters. The highest BCUT2D eigenvalue weighted by Crippen LogP contribution is 2.21. The molecule has 1 aliphatic rings. The molecule has 0 aliphatic heterocycles. The van der Waals surface area contributed by atoms with Gasteiger partial charge >= 0.3 is 5.97 Å². The molecule has 1 saturated carbocycles. The van der Waals surface area contributed by atoms with E-state index in [0.29, 0.717) is 6.42 Å². The van der Waals surface area contributed by atoms with E-state index in [2.05, 4.69) is 0 Å². The number of benzene rings is 2. The van der Waals surface area contributed by atoms with Gasteiger partial charge in [-0.05, 0) is 56.7 Å². The molecule has 0 radical (unpaired) electrons. The van der Waals surface area contributed by atoms with E-state index in [0.717, 1.165) is 36.8 Å². The van der Waals surface area contributed by atoms with Gasteiger partial charge in [0, 0.05) is 0 Å². The number of esters is 1. The van der Waals surface area contributed by atoms with Gasteiger partial charge in [0.05, 0.1) is 4.90 Å². The molecule has 6 nitrogen and oxygen atoms in total. The summed E-state index contributed by atoms with van der Waals surface area (Å²) in [6.07, 6.45) is 4.95. The van der Waals surface area contributed by atoms with Gasteiger partial charge in [0.15, 0.2) is 0 Å². The van der Waals surface area contributed by atoms with Crippen LogP contribution >= 0.6 is 0 Å². The number of rotatable bonds is 5. The normalized spacial score (nSPS) is 15.4. The number of aryl methyl sites for hydroxylation is 1. The maximum atomic E-state index is 11.8. The van der Waals surface area contributed by atoms with Crippen molar-refractivity contribution in [2.75, 3.05) is 0 Å². The molecular formula is C21H27NO5S. The van der Waals surface area contributed by atoms with E-state index < -0.39 is 16.2 Å². The zero-order valence-corrected chi connectivity index (χ0v) is 16.8. The predicted octanol–water partition coefficient (Wildman–Crippen LogP) is 3.28. The topological polar surface area (TPSA) is 107 Å². The van der Waals surface area contributed by atoms with Crippen LogP contribution in [-0.4, -0.2) is 31.1 Å². The summed E-state index contributed by atoms with van der Waals surface area (Å²) >= 11 is 0. The van der Waals surface area contributed by atoms with Crippen LogP contribution in [0.25, 0.3) is 0 Å². The summed E-state index contributed by atoms with van der Waals surface area (Å²) in [5.41, 5.74) is 7.88. The number of carbonyl (C=O) groups is 1. The monoisotopic (exact) mass is 405 g/mol. The number of carbonyl (C=O) groups excluding carboxylic acids is 1. The van der Waals surface area contributed by atoms with Crippen LogP contribution in [0.2, 0.25) is 0 Å². The van der Waals surface area contributed by atoms with E-state index in [1.165, 1.54) is 12.1 Å². The zero-order valence-electron chi connectivity index (χ0n) is 16.0. The minimum Gasteiger partial charge on any atom is -0.461 e. The number of ether oxygens (including phenoxy) is 1. The molecule has 0 saturated heterocycles. The van der Waals surface area contributed by atoms with Gasteiger partial charge < -0.3 is 10.5 Å². The van der Waals surface area contributed by atoms with Gasteiger partial charge in [-0.15, -0.1) is 0 Å². The molecule has 0 aromatic heterocycles. The smallest absolute Gasteiger partial charge is 0.323 e. The Balaban J connectivity index is 0.000000221. The Hall–Kier alpha value is -2.22. The molecule has 0 heterocycles. The Kier molecular flexibility index (Phi) is 8.17. The van der Waals surface area contributed by atoms with Gasteiger partial charge in [0.2, 0.25) is 0 Å². The van der Waals surface area contributed by atoms with Crippen molar-refractivity contribution in [2.24, 2.45) is 5.73 Å². The Morgan fingerprint density at radius 1 is 1.11 bits per heavy atom. The Labute approximate surface area is 166 Å². The minimum atomic E-state index is -4.02. The first-order valence-electron chi connectivity index (χ1n) is 9.30. The Morgan fingerprint density at radius 3 is 2.21 bits per heavy atom. The van der Waals surface area contributed by atoms with Crippen molar-refractivity contribution in [3.05, 3.63) is 65.7 Å². The molecule has 0 unspecified atom stereocenters. The molecule has 3 rings (SSSR count). The molecule has 1 aliphatic carbocycles. The fourth-order valence-electron chi connectivity index (χ4n) is 2.92. The van der Waals surface area contributed by atoms with Gasteiger partial charge in [0.25, 0.3) is 10.1 Å². The van der Waals surface area contributed by atoms with Gasteiger partial charge in [-0.25, -0.2) is 0 Å². The summed E-state index contributed by atoms with van der Waals surface area (Å²) in [6, 6.07) is 15.2. The van der Waals surface area contributed by atoms with Crippen LogP contribution in [-0.2, 0) is 26.1 Å². The number of nitrogens with two attached hydrogens (primary N) is 1. The van der Waals surface area contributed by atoms with Crippen molar-refractivity contribution in [2.45, 2.75) is 56.1 Å². The van der Waals surface area contributed by atoms with Crippen LogP contribution in [0, 0.1) is 6.92 Å². The second-order valence-electron chi connectivity index (χ2n) is 6.93. The van der Waals surface area contributed by atoms with Crippen LogP contribution in [0.1, 0.15) is 36.8 Å². The minimum absolute atomic E-state index is 0.0666. The van der Waals surface area contributed by atoms with Crippen molar-refractivity contribution in [1.82, 2.24) is 0 Å². The average Bonchev–Trinajstić information content (AvgIpc) is 3.15. The molecule has 0 amide bonds. The van der Waals surface area contributed by atoms with Crippen molar-refractivity contribution < 1.29 is 22.5 Å². The van der Waals surface area contributed by atoms with Gasteiger partial charge in [-0.2, -0.15) is 8.42 Å². The fraction of sp³-hybridized carbons (Fsp3) is 0.381. The fourth-order valence-corrected chi connectivity index (χ4v) is 3.40. The third-order valence-corrected chi connectivity index (χ3v) is 5.37. The molecular weight excluding hydrogens is 378 g/mol. The summed E-state index contributed by atoms with van der Waals surface area (Å²) in [5, 5.41) is 0. The zero-order chi connectivity index (χ0) is 20.6. The van der Waals surface area contributed by atoms with E-state index in [4.69, 9.17) is 15.0 Å². The third kappa shape index (κ3) is 7.42. The van der Waals surface area contributed by atoms with Crippen molar-refractivity contribution >= 4 is 16.1 Å². The lowest BCUT2D eigenvalue weighted by Gasteiger charge is -2.15. The van der Waals surface area contributed by atoms with E-state index in [1.807, 2.05) is 37.3 Å². The van der Waals surface area contributed by atoms with Gasteiger partial charge in [-0.3, -0.25) is 9.35 Å². The highest BCUT2D eigenvalue weighted by molar-refractivity contribution is 7.85. The molecule has 2 aromatic rings. The first kappa shape index (κ1) is 22.1. The summed E-state index contributed by atoms with van der Waals surface area (Å²) in [6.45, 7) is 1.84. The Bertz CT molecular complexity index is 844. The molecule has 0 spiro atoms. The lowest BCUT2D eigenvalue weighted by Crippen LogP contribution is -2.36. The lowest BCUT2D eigenvalue weighted by atomic mass is 10.1. The molecule has 2 aromatic carbocycles. The first-order chi connectivity index (χ1) is 13.3. The van der Waals surface area contributed by atoms with Crippen LogP contribution in [0.5, 0.6) is 0 Å². The first-order valence-corrected chi connectivity index (χ1v) is 10.7. The van der Waals surface area contributed by atoms with Crippen molar-refractivity contribution in [3.8, 4) is 0 Å². The van der Waals surface area contributed by atoms with Gasteiger partial charge in [0.1, 0.15) is 12.1 Å². The quantitative estimate of drug-likeness (QED) is 0.584. The number of hydrogen-bond acceptors (Lipinski definition) is 5. The molecule has 152 valence electrons. The summed E-state index contributed by atoms with van der Waals surface area (Å²) in [4.78, 5) is 11.7. The highest BCUT2D eigenvalue weighted by atomic mass is 32.2. The Morgan fingerprint density at radius 2 is 1.68 bits per heavy atom. The molecule has 0 bridgehead atoms. The maximum absolute atomic E-state index is 11.8. The molecule has 28 heavy (non-hydrogen) atoms. The average molecular weight is 406 g/mol. The van der Waals surface area contributed by atoms with Crippen molar-refractivity contribution in [1.29, 1.82) is 0 Å². The summed E-state index contributed by atoms with van der Waals surface area (Å²) in [7, 11) is -4.02. The standard InChI is InChI=1S/C14H19NO2.C7H8O3S/c15-13(10-11-6-2-1-3-7-11)14(16)17-12-8-4-5-9-12;1-6-2-4-7(5-3-6)11(8,9)10/h1-3,6-7,12-13H,4-5,8-10,15H2;2-5H,1H3,(H,8,9,10)/t13-;/m0./s1. The van der Waals surface area contributed by atoms with Crippen molar-refractivity contribution in [3.63, 3.8) is 0 Å². The number of hydrogen-bond donors (Lipinski definition) is 2. The molecule has 1 fully saturated rings. The van der Waals surface area contributed by atoms with Gasteiger partial charge in [-0.1, -0.05) is 48.0 Å². The second-order valence-corrected chi connectivity index (χ2v) is 8.35. The van der Waals surface area contributed by atoms with E-state index in [1.54, 1.807) is 12.1 Å². The van der Waals surface area contributed by atoms with E-state index >= 15 is 0 Å². The SMILES string of the molecule is Cc1ccc(S(=O)(=O)O)cc1.N[C@@H](Cc1ccccc1)C(=O)OC1CCCC1. The summed E-state index contributed by atoms with van der Waals surface area (Å²) in [5.74, 6) is -0.263. The second kappa shape index (κ2) is 10.4. The van der Waals surface area contributed by atoms with Crippen LogP contribution in [0.3, 0.4) is 0 Å². The largest absolute Gasteiger partial charge is 0.461 e. The van der Waals surface area contributed by atoms with Crippen LogP contribution in [0.15, 0.2) is 59.5 Å².